The summed E-state index contributed by atoms with van der Waals surface area (Å²) in [6, 6.07) is 15.6. The fourth-order valence-electron chi connectivity index (χ4n) is 4.24. The molecule has 1 atom stereocenters. The first-order chi connectivity index (χ1) is 16.1. The SMILES string of the molecule is COc1ccc(C(C)(C)C)cc1/C(O)=C1\C(=O)C(=O)N(c2cccc(C)c2)C1c1ccncc1. The number of ketones is 1. The number of hydrogen-bond acceptors (Lipinski definition) is 5. The number of aliphatic hydroxyl groups is 1. The molecule has 0 spiro atoms. The molecule has 6 heteroatoms. The van der Waals surface area contributed by atoms with Crippen LogP contribution in [0.4, 0.5) is 5.69 Å². The third-order valence-corrected chi connectivity index (χ3v) is 6.07. The van der Waals surface area contributed by atoms with Crippen LogP contribution in [0.5, 0.6) is 5.75 Å². The van der Waals surface area contributed by atoms with Crippen LogP contribution in [0, 0.1) is 6.92 Å². The molecule has 1 amide bonds. The molecular formula is C28H28N2O4. The normalized spacial score (nSPS) is 17.8. The molecule has 1 unspecified atom stereocenters. The molecule has 1 aliphatic rings. The Morgan fingerprint density at radius 1 is 1.03 bits per heavy atom. The predicted molar refractivity (Wildman–Crippen MR) is 132 cm³/mol. The van der Waals surface area contributed by atoms with Crippen LogP contribution in [0.3, 0.4) is 0 Å². The number of rotatable bonds is 4. The number of carbonyl (C=O) groups is 2. The lowest BCUT2D eigenvalue weighted by Gasteiger charge is -2.26. The number of nitrogens with zero attached hydrogens (tertiary/aromatic N) is 2. The molecular weight excluding hydrogens is 428 g/mol. The van der Waals surface area contributed by atoms with E-state index in [1.54, 1.807) is 36.7 Å². The summed E-state index contributed by atoms with van der Waals surface area (Å²) in [6.45, 7) is 8.11. The quantitative estimate of drug-likeness (QED) is 0.326. The maximum Gasteiger partial charge on any atom is 0.300 e. The molecule has 1 aliphatic heterocycles. The number of carbonyl (C=O) groups excluding carboxylic acids is 2. The Morgan fingerprint density at radius 3 is 2.35 bits per heavy atom. The van der Waals surface area contributed by atoms with Crippen LogP contribution in [-0.2, 0) is 15.0 Å². The highest BCUT2D eigenvalue weighted by atomic mass is 16.5. The maximum absolute atomic E-state index is 13.4. The van der Waals surface area contributed by atoms with Gasteiger partial charge < -0.3 is 9.84 Å². The summed E-state index contributed by atoms with van der Waals surface area (Å²) in [5.41, 5.74) is 3.36. The van der Waals surface area contributed by atoms with E-state index < -0.39 is 17.7 Å². The Kier molecular flexibility index (Phi) is 6.00. The van der Waals surface area contributed by atoms with Gasteiger partial charge in [-0.15, -0.1) is 0 Å². The maximum atomic E-state index is 13.4. The number of Topliss-reactive ketones (excluding diaryl/α,β-unsaturated/α-hetero) is 1. The van der Waals surface area contributed by atoms with Crippen LogP contribution in [-0.4, -0.2) is 28.9 Å². The first kappa shape index (κ1) is 23.2. The van der Waals surface area contributed by atoms with Gasteiger partial charge in [-0.2, -0.15) is 0 Å². The van der Waals surface area contributed by atoms with E-state index in [1.807, 2.05) is 37.3 Å². The Morgan fingerprint density at radius 2 is 1.74 bits per heavy atom. The predicted octanol–water partition coefficient (Wildman–Crippen LogP) is 5.32. The molecule has 1 aromatic heterocycles. The van der Waals surface area contributed by atoms with Crippen molar-refractivity contribution in [3.05, 3.63) is 94.8 Å². The van der Waals surface area contributed by atoms with Crippen LogP contribution in [0.15, 0.2) is 72.6 Å². The zero-order chi connectivity index (χ0) is 24.6. The summed E-state index contributed by atoms with van der Waals surface area (Å²) >= 11 is 0. The molecule has 2 heterocycles. The standard InChI is InChI=1S/C28H28N2O4/c1-17-7-6-8-20(15-17)30-24(18-11-13-29-14-12-18)23(26(32)27(30)33)25(31)21-16-19(28(2,3)4)9-10-22(21)34-5/h6-16,24,31H,1-5H3/b25-23+. The van der Waals surface area contributed by atoms with Gasteiger partial charge in [0, 0.05) is 18.1 Å². The molecule has 174 valence electrons. The number of amides is 1. The number of aromatic nitrogens is 1. The van der Waals surface area contributed by atoms with E-state index in [0.29, 0.717) is 22.6 Å². The van der Waals surface area contributed by atoms with Gasteiger partial charge in [0.05, 0.1) is 24.3 Å². The largest absolute Gasteiger partial charge is 0.507 e. The van der Waals surface area contributed by atoms with Crippen molar-refractivity contribution in [3.8, 4) is 5.75 Å². The fraction of sp³-hybridized carbons (Fsp3) is 0.250. The van der Waals surface area contributed by atoms with Gasteiger partial charge in [-0.3, -0.25) is 19.5 Å². The lowest BCUT2D eigenvalue weighted by atomic mass is 9.85. The van der Waals surface area contributed by atoms with E-state index in [4.69, 9.17) is 4.74 Å². The zero-order valence-electron chi connectivity index (χ0n) is 20.0. The van der Waals surface area contributed by atoms with Crippen molar-refractivity contribution >= 4 is 23.1 Å². The molecule has 1 N–H and O–H groups in total. The summed E-state index contributed by atoms with van der Waals surface area (Å²) in [5.74, 6) is -1.29. The van der Waals surface area contributed by atoms with Crippen molar-refractivity contribution in [1.29, 1.82) is 0 Å². The van der Waals surface area contributed by atoms with Crippen molar-refractivity contribution in [1.82, 2.24) is 4.98 Å². The Hall–Kier alpha value is -3.93. The van der Waals surface area contributed by atoms with Gasteiger partial charge in [-0.1, -0.05) is 39.0 Å². The number of hydrogen-bond donors (Lipinski definition) is 1. The Balaban J connectivity index is 1.99. The summed E-state index contributed by atoms with van der Waals surface area (Å²) in [7, 11) is 1.51. The minimum atomic E-state index is -0.812. The number of aliphatic hydroxyl groups excluding tert-OH is 1. The lowest BCUT2D eigenvalue weighted by molar-refractivity contribution is -0.132. The van der Waals surface area contributed by atoms with Crippen molar-refractivity contribution < 1.29 is 19.4 Å². The van der Waals surface area contributed by atoms with E-state index in [9.17, 15) is 14.7 Å². The average molecular weight is 457 g/mol. The van der Waals surface area contributed by atoms with E-state index in [2.05, 4.69) is 25.8 Å². The van der Waals surface area contributed by atoms with Crippen LogP contribution in [0.25, 0.3) is 5.76 Å². The second kappa shape index (κ2) is 8.78. The van der Waals surface area contributed by atoms with Gasteiger partial charge in [-0.05, 0) is 65.4 Å². The smallest absolute Gasteiger partial charge is 0.300 e. The number of benzene rings is 2. The first-order valence-electron chi connectivity index (χ1n) is 11.1. The molecule has 2 aromatic carbocycles. The number of anilines is 1. The molecule has 1 fully saturated rings. The van der Waals surface area contributed by atoms with E-state index >= 15 is 0 Å². The monoisotopic (exact) mass is 456 g/mol. The highest BCUT2D eigenvalue weighted by Crippen LogP contribution is 2.43. The van der Waals surface area contributed by atoms with Crippen molar-refractivity contribution in [2.24, 2.45) is 0 Å². The second-order valence-electron chi connectivity index (χ2n) is 9.45. The molecule has 0 radical (unpaired) electrons. The van der Waals surface area contributed by atoms with Gasteiger partial charge in [0.25, 0.3) is 11.7 Å². The van der Waals surface area contributed by atoms with E-state index in [0.717, 1.165) is 11.1 Å². The molecule has 0 saturated carbocycles. The van der Waals surface area contributed by atoms with Crippen molar-refractivity contribution in [2.45, 2.75) is 39.2 Å². The molecule has 34 heavy (non-hydrogen) atoms. The third-order valence-electron chi connectivity index (χ3n) is 6.07. The van der Waals surface area contributed by atoms with E-state index in [1.165, 1.54) is 12.0 Å². The van der Waals surface area contributed by atoms with Crippen LogP contribution in [0.2, 0.25) is 0 Å². The minimum absolute atomic E-state index is 0.0158. The Labute approximate surface area is 199 Å². The summed E-state index contributed by atoms with van der Waals surface area (Å²) < 4.78 is 5.51. The van der Waals surface area contributed by atoms with E-state index in [-0.39, 0.29) is 16.7 Å². The molecule has 0 aliphatic carbocycles. The topological polar surface area (TPSA) is 79.7 Å². The van der Waals surface area contributed by atoms with Gasteiger partial charge in [0.1, 0.15) is 11.5 Å². The molecule has 1 saturated heterocycles. The molecule has 6 nitrogen and oxygen atoms in total. The molecule has 4 rings (SSSR count). The number of pyridine rings is 1. The van der Waals surface area contributed by atoms with Gasteiger partial charge >= 0.3 is 0 Å². The highest BCUT2D eigenvalue weighted by Gasteiger charge is 2.47. The van der Waals surface area contributed by atoms with Crippen molar-refractivity contribution in [3.63, 3.8) is 0 Å². The summed E-state index contributed by atoms with van der Waals surface area (Å²) in [4.78, 5) is 32.2. The van der Waals surface area contributed by atoms with Gasteiger partial charge in [0.15, 0.2) is 0 Å². The van der Waals surface area contributed by atoms with Gasteiger partial charge in [0.2, 0.25) is 0 Å². The number of aryl methyl sites for hydroxylation is 1. The second-order valence-corrected chi connectivity index (χ2v) is 9.45. The minimum Gasteiger partial charge on any atom is -0.507 e. The highest BCUT2D eigenvalue weighted by molar-refractivity contribution is 6.51. The fourth-order valence-corrected chi connectivity index (χ4v) is 4.24. The third kappa shape index (κ3) is 4.07. The van der Waals surface area contributed by atoms with Crippen LogP contribution < -0.4 is 9.64 Å². The Bertz CT molecular complexity index is 1290. The van der Waals surface area contributed by atoms with Crippen molar-refractivity contribution in [2.75, 3.05) is 12.0 Å². The van der Waals surface area contributed by atoms with Crippen LogP contribution >= 0.6 is 0 Å². The van der Waals surface area contributed by atoms with Crippen LogP contribution in [0.1, 0.15) is 49.1 Å². The average Bonchev–Trinajstić information content (AvgIpc) is 3.08. The number of ether oxygens (including phenoxy) is 1. The molecule has 3 aromatic rings. The summed E-state index contributed by atoms with van der Waals surface area (Å²) in [6.07, 6.45) is 3.21. The lowest BCUT2D eigenvalue weighted by Crippen LogP contribution is -2.29. The zero-order valence-corrected chi connectivity index (χ0v) is 20.0. The molecule has 0 bridgehead atoms. The first-order valence-corrected chi connectivity index (χ1v) is 11.1. The summed E-state index contributed by atoms with van der Waals surface area (Å²) in [5, 5.41) is 11.5. The number of methoxy groups -OCH3 is 1. The van der Waals surface area contributed by atoms with Gasteiger partial charge in [-0.25, -0.2) is 0 Å².